The lowest BCUT2D eigenvalue weighted by Crippen LogP contribution is -2.36. The van der Waals surface area contributed by atoms with Crippen LogP contribution in [0.15, 0.2) is 40.2 Å². The predicted molar refractivity (Wildman–Crippen MR) is 131 cm³/mol. The molecule has 2 aromatic heterocycles. The van der Waals surface area contributed by atoms with E-state index in [1.165, 1.54) is 17.0 Å². The molecule has 1 fully saturated rings. The minimum absolute atomic E-state index is 0.00968. The lowest BCUT2D eigenvalue weighted by Gasteiger charge is -2.16. The number of pyridine rings is 1. The number of sulfonamides is 1. The van der Waals surface area contributed by atoms with Crippen LogP contribution >= 0.6 is 0 Å². The molecule has 3 N–H and O–H groups in total. The third-order valence-corrected chi connectivity index (χ3v) is 7.09. The van der Waals surface area contributed by atoms with Crippen molar-refractivity contribution in [1.82, 2.24) is 29.9 Å². The summed E-state index contributed by atoms with van der Waals surface area (Å²) in [5.41, 5.74) is 1.53. The van der Waals surface area contributed by atoms with E-state index in [2.05, 4.69) is 25.0 Å². The number of carbonyl (C=O) groups is 1. The number of fused-ring (bicyclic) bond motifs is 1. The van der Waals surface area contributed by atoms with Gasteiger partial charge in [0, 0.05) is 32.4 Å². The Morgan fingerprint density at radius 3 is 2.71 bits per heavy atom. The number of hydrogen-bond donors (Lipinski definition) is 3. The molecule has 186 valence electrons. The van der Waals surface area contributed by atoms with Gasteiger partial charge in [-0.2, -0.15) is 0 Å². The number of aryl methyl sites for hydroxylation is 1. The van der Waals surface area contributed by atoms with Gasteiger partial charge < -0.3 is 19.9 Å². The second-order valence-electron chi connectivity index (χ2n) is 8.04. The van der Waals surface area contributed by atoms with Gasteiger partial charge in [-0.05, 0) is 43.2 Å². The molecule has 0 bridgehead atoms. The average molecular weight is 501 g/mol. The Balaban J connectivity index is 1.70. The summed E-state index contributed by atoms with van der Waals surface area (Å²) in [7, 11) is -3.90. The quantitative estimate of drug-likeness (QED) is 0.383. The number of H-pyrrole nitrogens is 1. The molecule has 0 aliphatic carbocycles. The molecule has 3 aromatic rings. The predicted octanol–water partition coefficient (Wildman–Crippen LogP) is 1.64. The van der Waals surface area contributed by atoms with Gasteiger partial charge in [-0.25, -0.2) is 27.9 Å². The number of nitrogens with one attached hydrogen (secondary N) is 3. The lowest BCUT2D eigenvalue weighted by atomic mass is 10.1. The number of ether oxygens (including phenoxy) is 1. The largest absolute Gasteiger partial charge is 0.493 e. The SMILES string of the molecule is CCCc1ccnc2c(=O)[nH]c(-c3cc(S(=O)(=O)NCCN4CCNC4=O)ccc3OCC)nc12. The third-order valence-electron chi connectivity index (χ3n) is 5.63. The third kappa shape index (κ3) is 5.28. The van der Waals surface area contributed by atoms with E-state index in [9.17, 15) is 18.0 Å². The molecule has 0 spiro atoms. The molecule has 0 radical (unpaired) electrons. The van der Waals surface area contributed by atoms with Gasteiger partial charge in [0.1, 0.15) is 17.1 Å². The van der Waals surface area contributed by atoms with Gasteiger partial charge in [-0.3, -0.25) is 4.79 Å². The number of amides is 2. The maximum Gasteiger partial charge on any atom is 0.317 e. The summed E-state index contributed by atoms with van der Waals surface area (Å²) in [6.07, 6.45) is 3.17. The fourth-order valence-corrected chi connectivity index (χ4v) is 5.00. The molecule has 0 atom stereocenters. The van der Waals surface area contributed by atoms with E-state index in [1.807, 2.05) is 19.9 Å². The number of urea groups is 1. The maximum atomic E-state index is 13.0. The summed E-state index contributed by atoms with van der Waals surface area (Å²) in [5.74, 6) is 0.589. The molecule has 12 heteroatoms. The summed E-state index contributed by atoms with van der Waals surface area (Å²) in [5, 5.41) is 2.68. The monoisotopic (exact) mass is 500 g/mol. The number of hydrogen-bond acceptors (Lipinski definition) is 7. The molecule has 35 heavy (non-hydrogen) atoms. The molecule has 1 aliphatic heterocycles. The summed E-state index contributed by atoms with van der Waals surface area (Å²) in [4.78, 5) is 37.5. The first-order valence-corrected chi connectivity index (χ1v) is 13.0. The van der Waals surface area contributed by atoms with Crippen molar-refractivity contribution in [2.75, 3.05) is 32.8 Å². The standard InChI is InChI=1S/C23H28N6O5S/c1-3-5-15-8-9-24-20-19(15)27-21(28-22(20)30)17-14-16(6-7-18(17)34-4-2)35(32,33)26-11-13-29-12-10-25-23(29)31/h6-9,14,26H,3-5,10-13H2,1-2H3,(H,25,31)(H,27,28,30). The van der Waals surface area contributed by atoms with Crippen molar-refractivity contribution in [2.24, 2.45) is 0 Å². The van der Waals surface area contributed by atoms with Crippen LogP contribution in [0.1, 0.15) is 25.8 Å². The molecule has 1 aliphatic rings. The van der Waals surface area contributed by atoms with Gasteiger partial charge in [0.2, 0.25) is 10.0 Å². The van der Waals surface area contributed by atoms with Crippen LogP contribution in [0.5, 0.6) is 5.75 Å². The van der Waals surface area contributed by atoms with E-state index in [0.717, 1.165) is 18.4 Å². The van der Waals surface area contributed by atoms with E-state index in [4.69, 9.17) is 4.74 Å². The van der Waals surface area contributed by atoms with Gasteiger partial charge in [0.25, 0.3) is 5.56 Å². The first-order chi connectivity index (χ1) is 16.8. The van der Waals surface area contributed by atoms with Crippen molar-refractivity contribution in [1.29, 1.82) is 0 Å². The highest BCUT2D eigenvalue weighted by atomic mass is 32.2. The van der Waals surface area contributed by atoms with Crippen LogP contribution in [0.3, 0.4) is 0 Å². The van der Waals surface area contributed by atoms with Crippen molar-refractivity contribution in [3.8, 4) is 17.1 Å². The fraction of sp³-hybridized carbons (Fsp3) is 0.391. The molecule has 11 nitrogen and oxygen atoms in total. The van der Waals surface area contributed by atoms with E-state index >= 15 is 0 Å². The molecule has 4 rings (SSSR count). The number of nitrogens with zero attached hydrogens (tertiary/aromatic N) is 3. The smallest absolute Gasteiger partial charge is 0.317 e. The molecule has 0 unspecified atom stereocenters. The van der Waals surface area contributed by atoms with Crippen molar-refractivity contribution in [3.63, 3.8) is 0 Å². The van der Waals surface area contributed by atoms with Gasteiger partial charge in [0.05, 0.1) is 17.1 Å². The van der Waals surface area contributed by atoms with Gasteiger partial charge in [-0.15, -0.1) is 0 Å². The Hall–Kier alpha value is -3.51. The van der Waals surface area contributed by atoms with E-state index in [0.29, 0.717) is 36.5 Å². The van der Waals surface area contributed by atoms with Crippen molar-refractivity contribution in [3.05, 3.63) is 46.4 Å². The maximum absolute atomic E-state index is 13.0. The molecule has 2 amide bonds. The second kappa shape index (κ2) is 10.4. The normalized spacial score (nSPS) is 13.9. The number of carbonyl (C=O) groups excluding carboxylic acids is 1. The van der Waals surface area contributed by atoms with E-state index < -0.39 is 15.6 Å². The summed E-state index contributed by atoms with van der Waals surface area (Å²) < 4.78 is 34.2. The van der Waals surface area contributed by atoms with Crippen molar-refractivity contribution >= 4 is 27.1 Å². The second-order valence-corrected chi connectivity index (χ2v) is 9.81. The van der Waals surface area contributed by atoms with Gasteiger partial charge in [0.15, 0.2) is 5.52 Å². The Morgan fingerprint density at radius 2 is 2.00 bits per heavy atom. The molecule has 1 saturated heterocycles. The highest BCUT2D eigenvalue weighted by Crippen LogP contribution is 2.31. The Bertz CT molecular complexity index is 1410. The topological polar surface area (TPSA) is 146 Å². The first kappa shape index (κ1) is 24.6. The van der Waals surface area contributed by atoms with Gasteiger partial charge >= 0.3 is 6.03 Å². The summed E-state index contributed by atoms with van der Waals surface area (Å²) in [6, 6.07) is 6.02. The Morgan fingerprint density at radius 1 is 1.17 bits per heavy atom. The Labute approximate surface area is 203 Å². The molecule has 0 saturated carbocycles. The van der Waals surface area contributed by atoms with E-state index in [-0.39, 0.29) is 35.4 Å². The molecular formula is C23H28N6O5S. The summed E-state index contributed by atoms with van der Waals surface area (Å²) in [6.45, 7) is 5.58. The number of rotatable bonds is 10. The minimum atomic E-state index is -3.90. The molecular weight excluding hydrogens is 472 g/mol. The zero-order valence-electron chi connectivity index (χ0n) is 19.6. The number of aromatic amines is 1. The van der Waals surface area contributed by atoms with Crippen molar-refractivity contribution in [2.45, 2.75) is 31.6 Å². The lowest BCUT2D eigenvalue weighted by molar-refractivity contribution is 0.218. The zero-order valence-corrected chi connectivity index (χ0v) is 20.4. The first-order valence-electron chi connectivity index (χ1n) is 11.5. The van der Waals surface area contributed by atoms with Crippen LogP contribution in [0.25, 0.3) is 22.4 Å². The van der Waals surface area contributed by atoms with Crippen LogP contribution < -0.4 is 20.3 Å². The van der Waals surface area contributed by atoms with Crippen molar-refractivity contribution < 1.29 is 17.9 Å². The molecule has 1 aromatic carbocycles. The molecule has 3 heterocycles. The minimum Gasteiger partial charge on any atom is -0.493 e. The Kier molecular flexibility index (Phi) is 7.31. The number of benzene rings is 1. The highest BCUT2D eigenvalue weighted by molar-refractivity contribution is 7.89. The summed E-state index contributed by atoms with van der Waals surface area (Å²) >= 11 is 0. The average Bonchev–Trinajstić information content (AvgIpc) is 3.24. The van der Waals surface area contributed by atoms with Crippen LogP contribution in [0.4, 0.5) is 4.79 Å². The van der Waals surface area contributed by atoms with E-state index in [1.54, 1.807) is 12.3 Å². The fourth-order valence-electron chi connectivity index (χ4n) is 3.96. The van der Waals surface area contributed by atoms with Crippen LogP contribution in [-0.2, 0) is 16.4 Å². The highest BCUT2D eigenvalue weighted by Gasteiger charge is 2.22. The van der Waals surface area contributed by atoms with Crippen LogP contribution in [-0.4, -0.2) is 67.1 Å². The van der Waals surface area contributed by atoms with Crippen LogP contribution in [0.2, 0.25) is 0 Å². The van der Waals surface area contributed by atoms with Gasteiger partial charge in [-0.1, -0.05) is 13.3 Å². The zero-order chi connectivity index (χ0) is 25.0. The van der Waals surface area contributed by atoms with Crippen LogP contribution in [0, 0.1) is 0 Å². The number of aromatic nitrogens is 3.